The zero-order valence-electron chi connectivity index (χ0n) is 15.4. The molecule has 3 aromatic heterocycles. The van der Waals surface area contributed by atoms with Crippen LogP contribution in [0.3, 0.4) is 0 Å². The third-order valence-electron chi connectivity index (χ3n) is 4.93. The number of piperazine rings is 1. The van der Waals surface area contributed by atoms with E-state index in [4.69, 9.17) is 11.6 Å². The highest BCUT2D eigenvalue weighted by atomic mass is 35.5. The van der Waals surface area contributed by atoms with Crippen LogP contribution in [0.25, 0.3) is 17.0 Å². The molecule has 4 heterocycles. The summed E-state index contributed by atoms with van der Waals surface area (Å²) in [6, 6.07) is 9.34. The maximum atomic E-state index is 12.8. The highest BCUT2D eigenvalue weighted by Gasteiger charge is 2.23. The van der Waals surface area contributed by atoms with Gasteiger partial charge < -0.3 is 14.8 Å². The van der Waals surface area contributed by atoms with E-state index >= 15 is 0 Å². The quantitative estimate of drug-likeness (QED) is 0.552. The number of para-hydroxylation sites is 2. The molecule has 1 saturated heterocycles. The first-order valence-corrected chi connectivity index (χ1v) is 9.58. The predicted molar refractivity (Wildman–Crippen MR) is 111 cm³/mol. The third kappa shape index (κ3) is 3.19. The molecule has 0 radical (unpaired) electrons. The van der Waals surface area contributed by atoms with E-state index in [1.54, 1.807) is 24.7 Å². The largest absolute Gasteiger partial charge is 0.365 e. The Labute approximate surface area is 170 Å². The molecule has 146 valence electrons. The average molecular weight is 409 g/mol. The zero-order chi connectivity index (χ0) is 19.8. The van der Waals surface area contributed by atoms with Crippen molar-refractivity contribution >= 4 is 34.3 Å². The van der Waals surface area contributed by atoms with Crippen LogP contribution in [0.15, 0.2) is 53.7 Å². The molecular weight excluding hydrogens is 392 g/mol. The minimum absolute atomic E-state index is 0.130. The molecule has 1 fully saturated rings. The summed E-state index contributed by atoms with van der Waals surface area (Å²) in [4.78, 5) is 33.1. The standard InChI is InChI=1S/C19H17ClN8O/c20-16-15(26-8-10-27(11-9-26)18-21-6-3-7-22-18)12-23-28(17(16)29)19-24-13-4-1-2-5-14(13)25-19/h1-7,12H,8-11H2,(H,24,25). The molecule has 4 aromatic rings. The first-order valence-electron chi connectivity index (χ1n) is 9.20. The molecule has 0 amide bonds. The summed E-state index contributed by atoms with van der Waals surface area (Å²) in [5.74, 6) is 1.05. The van der Waals surface area contributed by atoms with Crippen molar-refractivity contribution in [3.63, 3.8) is 0 Å². The van der Waals surface area contributed by atoms with Crippen molar-refractivity contribution in [3.8, 4) is 5.95 Å². The van der Waals surface area contributed by atoms with Crippen LogP contribution in [0.1, 0.15) is 0 Å². The van der Waals surface area contributed by atoms with E-state index in [2.05, 4.69) is 34.8 Å². The first kappa shape index (κ1) is 17.6. The molecule has 10 heteroatoms. The second-order valence-corrected chi connectivity index (χ2v) is 7.04. The third-order valence-corrected chi connectivity index (χ3v) is 5.29. The van der Waals surface area contributed by atoms with Gasteiger partial charge in [-0.3, -0.25) is 4.79 Å². The minimum Gasteiger partial charge on any atom is -0.365 e. The molecule has 1 N–H and O–H groups in total. The van der Waals surface area contributed by atoms with Crippen molar-refractivity contribution in [2.75, 3.05) is 36.0 Å². The number of hydrogen-bond donors (Lipinski definition) is 1. The van der Waals surface area contributed by atoms with E-state index in [0.717, 1.165) is 24.1 Å². The summed E-state index contributed by atoms with van der Waals surface area (Å²) in [6.07, 6.45) is 5.08. The number of rotatable bonds is 3. The van der Waals surface area contributed by atoms with E-state index in [9.17, 15) is 4.79 Å². The highest BCUT2D eigenvalue weighted by Crippen LogP contribution is 2.24. The number of fused-ring (bicyclic) bond motifs is 1. The predicted octanol–water partition coefficient (Wildman–Crippen LogP) is 1.88. The molecule has 1 aliphatic heterocycles. The monoisotopic (exact) mass is 408 g/mol. The zero-order valence-corrected chi connectivity index (χ0v) is 16.1. The Hall–Kier alpha value is -3.46. The average Bonchev–Trinajstić information content (AvgIpc) is 3.20. The lowest BCUT2D eigenvalue weighted by atomic mass is 10.3. The summed E-state index contributed by atoms with van der Waals surface area (Å²) >= 11 is 6.44. The van der Waals surface area contributed by atoms with Gasteiger partial charge in [-0.25, -0.2) is 15.0 Å². The molecule has 0 spiro atoms. The molecule has 0 atom stereocenters. The number of aromatic amines is 1. The molecule has 0 unspecified atom stereocenters. The van der Waals surface area contributed by atoms with Crippen LogP contribution in [0.5, 0.6) is 0 Å². The fourth-order valence-electron chi connectivity index (χ4n) is 3.44. The summed E-state index contributed by atoms with van der Waals surface area (Å²) in [5.41, 5.74) is 1.81. The Kier molecular flexibility index (Phi) is 4.36. The van der Waals surface area contributed by atoms with Gasteiger partial charge in [0.05, 0.1) is 22.9 Å². The van der Waals surface area contributed by atoms with Crippen LogP contribution in [0.2, 0.25) is 5.02 Å². The molecule has 1 aliphatic rings. The van der Waals surface area contributed by atoms with Gasteiger partial charge in [0.15, 0.2) is 0 Å². The molecule has 0 saturated carbocycles. The van der Waals surface area contributed by atoms with E-state index in [0.29, 0.717) is 30.7 Å². The van der Waals surface area contributed by atoms with E-state index in [1.165, 1.54) is 4.68 Å². The number of anilines is 2. The van der Waals surface area contributed by atoms with E-state index in [-0.39, 0.29) is 5.02 Å². The van der Waals surface area contributed by atoms with Gasteiger partial charge in [-0.1, -0.05) is 23.7 Å². The van der Waals surface area contributed by atoms with Gasteiger partial charge in [0, 0.05) is 38.6 Å². The van der Waals surface area contributed by atoms with Crippen molar-refractivity contribution in [3.05, 3.63) is 64.3 Å². The number of halogens is 1. The molecular formula is C19H17ClN8O. The van der Waals surface area contributed by atoms with Gasteiger partial charge in [-0.05, 0) is 18.2 Å². The van der Waals surface area contributed by atoms with Gasteiger partial charge in [0.2, 0.25) is 11.9 Å². The number of imidazole rings is 1. The normalized spacial score (nSPS) is 14.5. The summed E-state index contributed by atoms with van der Waals surface area (Å²) in [7, 11) is 0. The van der Waals surface area contributed by atoms with E-state index in [1.807, 2.05) is 24.3 Å². The van der Waals surface area contributed by atoms with Crippen LogP contribution in [0, 0.1) is 0 Å². The topological polar surface area (TPSA) is 95.8 Å². The molecule has 0 bridgehead atoms. The van der Waals surface area contributed by atoms with Crippen LogP contribution >= 0.6 is 11.6 Å². The van der Waals surface area contributed by atoms with Crippen LogP contribution in [-0.4, -0.2) is 55.9 Å². The fourth-order valence-corrected chi connectivity index (χ4v) is 3.69. The molecule has 5 rings (SSSR count). The van der Waals surface area contributed by atoms with Crippen molar-refractivity contribution in [2.45, 2.75) is 0 Å². The number of benzene rings is 1. The number of aromatic nitrogens is 6. The summed E-state index contributed by atoms with van der Waals surface area (Å²) in [5, 5.41) is 4.43. The SMILES string of the molecule is O=c1c(Cl)c(N2CCN(c3ncccn3)CC2)cnn1-c1nc2ccccc2[nH]1. The Bertz CT molecular complexity index is 1180. The smallest absolute Gasteiger partial charge is 0.295 e. The second kappa shape index (κ2) is 7.17. The Morgan fingerprint density at radius 3 is 2.45 bits per heavy atom. The Morgan fingerprint density at radius 1 is 0.966 bits per heavy atom. The van der Waals surface area contributed by atoms with Crippen LogP contribution in [-0.2, 0) is 0 Å². The maximum Gasteiger partial charge on any atom is 0.295 e. The van der Waals surface area contributed by atoms with Gasteiger partial charge in [0.1, 0.15) is 5.02 Å². The lowest BCUT2D eigenvalue weighted by Gasteiger charge is -2.36. The van der Waals surface area contributed by atoms with Crippen LogP contribution in [0.4, 0.5) is 11.6 Å². The van der Waals surface area contributed by atoms with E-state index < -0.39 is 5.56 Å². The maximum absolute atomic E-state index is 12.8. The van der Waals surface area contributed by atoms with Crippen molar-refractivity contribution < 1.29 is 0 Å². The minimum atomic E-state index is -0.406. The van der Waals surface area contributed by atoms with Crippen LogP contribution < -0.4 is 15.4 Å². The van der Waals surface area contributed by atoms with Crippen molar-refractivity contribution in [1.29, 1.82) is 0 Å². The van der Waals surface area contributed by atoms with Gasteiger partial charge in [0.25, 0.3) is 5.56 Å². The van der Waals surface area contributed by atoms with Gasteiger partial charge >= 0.3 is 0 Å². The fraction of sp³-hybridized carbons (Fsp3) is 0.211. The van der Waals surface area contributed by atoms with Gasteiger partial charge in [-0.2, -0.15) is 9.78 Å². The Morgan fingerprint density at radius 2 is 1.69 bits per heavy atom. The molecule has 29 heavy (non-hydrogen) atoms. The number of H-pyrrole nitrogens is 1. The summed E-state index contributed by atoms with van der Waals surface area (Å²) < 4.78 is 1.19. The number of nitrogens with zero attached hydrogens (tertiary/aromatic N) is 7. The summed E-state index contributed by atoms with van der Waals surface area (Å²) in [6.45, 7) is 2.83. The number of hydrogen-bond acceptors (Lipinski definition) is 7. The highest BCUT2D eigenvalue weighted by molar-refractivity contribution is 6.33. The van der Waals surface area contributed by atoms with Crippen molar-refractivity contribution in [2.24, 2.45) is 0 Å². The molecule has 9 nitrogen and oxygen atoms in total. The Balaban J connectivity index is 1.40. The second-order valence-electron chi connectivity index (χ2n) is 6.66. The lowest BCUT2D eigenvalue weighted by molar-refractivity contribution is 0.635. The first-order chi connectivity index (χ1) is 14.2. The number of nitrogens with one attached hydrogen (secondary N) is 1. The van der Waals surface area contributed by atoms with Crippen molar-refractivity contribution in [1.82, 2.24) is 29.7 Å². The molecule has 0 aliphatic carbocycles. The van der Waals surface area contributed by atoms with Gasteiger partial charge in [-0.15, -0.1) is 0 Å². The molecule has 1 aromatic carbocycles. The lowest BCUT2D eigenvalue weighted by Crippen LogP contribution is -2.47.